The predicted molar refractivity (Wildman–Crippen MR) is 119 cm³/mol. The molecule has 1 unspecified atom stereocenters. The van der Waals surface area contributed by atoms with Crippen LogP contribution in [0.15, 0.2) is 42.6 Å². The van der Waals surface area contributed by atoms with Crippen molar-refractivity contribution in [1.82, 2.24) is 4.98 Å². The second-order valence-electron chi connectivity index (χ2n) is 8.05. The minimum atomic E-state index is -0.725. The third-order valence-electron chi connectivity index (χ3n) is 5.29. The summed E-state index contributed by atoms with van der Waals surface area (Å²) in [7, 11) is 0. The lowest BCUT2D eigenvalue weighted by Gasteiger charge is -2.31. The summed E-state index contributed by atoms with van der Waals surface area (Å²) in [5.74, 6) is -0.214. The van der Waals surface area contributed by atoms with Gasteiger partial charge in [-0.25, -0.2) is 0 Å². The maximum absolute atomic E-state index is 13.7. The SMILES string of the molecule is Cc1c(C(=O)N(c2ccc3[nH]ccc3c2)C(C)CC(C)C)cc([N+](=O)[O-])cc1[N+](=O)[O-]. The molecule has 1 heterocycles. The number of benzene rings is 2. The fourth-order valence-corrected chi connectivity index (χ4v) is 3.88. The number of nitro benzene ring substituents is 2. The predicted octanol–water partition coefficient (Wildman–Crippen LogP) is 5.37. The summed E-state index contributed by atoms with van der Waals surface area (Å²) >= 11 is 0. The molecule has 1 atom stereocenters. The van der Waals surface area contributed by atoms with E-state index >= 15 is 0 Å². The molecule has 0 aliphatic rings. The molecule has 0 spiro atoms. The topological polar surface area (TPSA) is 122 Å². The van der Waals surface area contributed by atoms with Crippen LogP contribution in [0, 0.1) is 33.1 Å². The van der Waals surface area contributed by atoms with Crippen LogP contribution in [0.2, 0.25) is 0 Å². The zero-order valence-corrected chi connectivity index (χ0v) is 17.8. The summed E-state index contributed by atoms with van der Waals surface area (Å²) in [6, 6.07) is 9.18. The first-order chi connectivity index (χ1) is 14.6. The number of nitrogens with one attached hydrogen (secondary N) is 1. The summed E-state index contributed by atoms with van der Waals surface area (Å²) < 4.78 is 0. The average molecular weight is 424 g/mol. The average Bonchev–Trinajstić information content (AvgIpc) is 3.15. The first kappa shape index (κ1) is 21.9. The molecule has 3 rings (SSSR count). The van der Waals surface area contributed by atoms with Crippen molar-refractivity contribution in [2.45, 2.75) is 40.2 Å². The molecule has 3 aromatic rings. The van der Waals surface area contributed by atoms with Crippen molar-refractivity contribution >= 4 is 33.9 Å². The summed E-state index contributed by atoms with van der Waals surface area (Å²) in [4.78, 5) is 39.7. The first-order valence-electron chi connectivity index (χ1n) is 9.94. The number of aromatic nitrogens is 1. The van der Waals surface area contributed by atoms with Crippen molar-refractivity contribution in [3.8, 4) is 0 Å². The van der Waals surface area contributed by atoms with Crippen LogP contribution in [0.5, 0.6) is 0 Å². The van der Waals surface area contributed by atoms with Crippen LogP contribution in [-0.4, -0.2) is 26.8 Å². The number of H-pyrrole nitrogens is 1. The van der Waals surface area contributed by atoms with Crippen molar-refractivity contribution in [1.29, 1.82) is 0 Å². The number of anilines is 1. The number of rotatable bonds is 7. The summed E-state index contributed by atoms with van der Waals surface area (Å²) in [6.07, 6.45) is 2.49. The Morgan fingerprint density at radius 1 is 1.06 bits per heavy atom. The van der Waals surface area contributed by atoms with E-state index in [4.69, 9.17) is 0 Å². The first-order valence-corrected chi connectivity index (χ1v) is 9.94. The van der Waals surface area contributed by atoms with Gasteiger partial charge < -0.3 is 9.88 Å². The number of non-ortho nitro benzene ring substituents is 1. The van der Waals surface area contributed by atoms with Gasteiger partial charge in [-0.3, -0.25) is 25.0 Å². The van der Waals surface area contributed by atoms with Gasteiger partial charge in [0.25, 0.3) is 17.3 Å². The van der Waals surface area contributed by atoms with Crippen LogP contribution >= 0.6 is 0 Å². The van der Waals surface area contributed by atoms with Crippen LogP contribution in [-0.2, 0) is 0 Å². The molecule has 1 amide bonds. The maximum atomic E-state index is 13.7. The number of nitro groups is 2. The van der Waals surface area contributed by atoms with Crippen molar-refractivity contribution < 1.29 is 14.6 Å². The van der Waals surface area contributed by atoms with E-state index in [1.165, 1.54) is 6.92 Å². The molecule has 162 valence electrons. The van der Waals surface area contributed by atoms with Gasteiger partial charge in [-0.2, -0.15) is 0 Å². The smallest absolute Gasteiger partial charge is 0.279 e. The zero-order chi connectivity index (χ0) is 22.9. The minimum Gasteiger partial charge on any atom is -0.361 e. The van der Waals surface area contributed by atoms with Crippen LogP contribution in [0.3, 0.4) is 0 Å². The van der Waals surface area contributed by atoms with Gasteiger partial charge in [0.1, 0.15) is 0 Å². The maximum Gasteiger partial charge on any atom is 0.279 e. The molecule has 9 nitrogen and oxygen atoms in total. The summed E-state index contributed by atoms with van der Waals surface area (Å²) in [6.45, 7) is 7.42. The molecule has 31 heavy (non-hydrogen) atoms. The monoisotopic (exact) mass is 424 g/mol. The molecule has 0 aliphatic carbocycles. The van der Waals surface area contributed by atoms with Gasteiger partial charge in [0.2, 0.25) is 0 Å². The molecule has 0 saturated heterocycles. The summed E-state index contributed by atoms with van der Waals surface area (Å²) in [5, 5.41) is 23.7. The molecule has 2 aromatic carbocycles. The lowest BCUT2D eigenvalue weighted by Crippen LogP contribution is -2.40. The molecule has 0 bridgehead atoms. The minimum absolute atomic E-state index is 0.0503. The molecule has 0 radical (unpaired) electrons. The number of hydrogen-bond donors (Lipinski definition) is 1. The highest BCUT2D eigenvalue weighted by atomic mass is 16.6. The second-order valence-corrected chi connectivity index (χ2v) is 8.05. The van der Waals surface area contributed by atoms with E-state index in [9.17, 15) is 25.0 Å². The lowest BCUT2D eigenvalue weighted by molar-refractivity contribution is -0.394. The Morgan fingerprint density at radius 2 is 1.77 bits per heavy atom. The van der Waals surface area contributed by atoms with E-state index in [0.29, 0.717) is 18.0 Å². The quantitative estimate of drug-likeness (QED) is 0.403. The van der Waals surface area contributed by atoms with Gasteiger partial charge in [-0.1, -0.05) is 13.8 Å². The number of carbonyl (C=O) groups is 1. The molecule has 0 fully saturated rings. The molecular weight excluding hydrogens is 400 g/mol. The van der Waals surface area contributed by atoms with Crippen molar-refractivity contribution in [3.05, 3.63) is 74.0 Å². The van der Waals surface area contributed by atoms with E-state index < -0.39 is 27.1 Å². The molecular formula is C22H24N4O5. The van der Waals surface area contributed by atoms with Crippen molar-refractivity contribution in [2.24, 2.45) is 5.92 Å². The largest absolute Gasteiger partial charge is 0.361 e. The van der Waals surface area contributed by atoms with Gasteiger partial charge in [0.05, 0.1) is 21.5 Å². The number of nitrogens with zero attached hydrogens (tertiary/aromatic N) is 3. The van der Waals surface area contributed by atoms with Crippen LogP contribution in [0.1, 0.15) is 43.1 Å². The number of carbonyl (C=O) groups excluding carboxylic acids is 1. The molecule has 0 aliphatic heterocycles. The molecule has 1 N–H and O–H groups in total. The lowest BCUT2D eigenvalue weighted by atomic mass is 9.99. The normalized spacial score (nSPS) is 12.2. The third kappa shape index (κ3) is 4.40. The molecule has 1 aromatic heterocycles. The van der Waals surface area contributed by atoms with Crippen molar-refractivity contribution in [3.63, 3.8) is 0 Å². The van der Waals surface area contributed by atoms with Crippen LogP contribution in [0.25, 0.3) is 10.9 Å². The fourth-order valence-electron chi connectivity index (χ4n) is 3.88. The van der Waals surface area contributed by atoms with Crippen LogP contribution < -0.4 is 4.90 Å². The van der Waals surface area contributed by atoms with Crippen molar-refractivity contribution in [2.75, 3.05) is 4.90 Å². The highest BCUT2D eigenvalue weighted by molar-refractivity contribution is 6.09. The molecule has 9 heteroatoms. The van der Waals surface area contributed by atoms with E-state index in [0.717, 1.165) is 23.0 Å². The van der Waals surface area contributed by atoms with E-state index in [-0.39, 0.29) is 17.2 Å². The van der Waals surface area contributed by atoms with Gasteiger partial charge in [-0.05, 0) is 50.5 Å². The van der Waals surface area contributed by atoms with Gasteiger partial charge >= 0.3 is 0 Å². The Balaban J connectivity index is 2.18. The molecule has 0 saturated carbocycles. The van der Waals surface area contributed by atoms with Gasteiger partial charge in [-0.15, -0.1) is 0 Å². The number of hydrogen-bond acceptors (Lipinski definition) is 5. The van der Waals surface area contributed by atoms with E-state index in [2.05, 4.69) is 4.98 Å². The highest BCUT2D eigenvalue weighted by Gasteiger charge is 2.30. The third-order valence-corrected chi connectivity index (χ3v) is 5.29. The summed E-state index contributed by atoms with van der Waals surface area (Å²) in [5.41, 5.74) is 0.651. The number of amides is 1. The standard InChI is InChI=1S/C22H24N4O5/c1-13(2)9-14(3)24(17-5-6-20-16(10-17)7-8-23-20)22(27)19-11-18(25(28)29)12-21(15(19)4)26(30)31/h5-8,10-14,23H,9H2,1-4H3. The highest BCUT2D eigenvalue weighted by Crippen LogP contribution is 2.32. The Morgan fingerprint density at radius 3 is 2.39 bits per heavy atom. The number of aromatic amines is 1. The van der Waals surface area contributed by atoms with E-state index in [1.807, 2.05) is 39.0 Å². The Labute approximate surface area is 179 Å². The van der Waals surface area contributed by atoms with Gasteiger partial charge in [0.15, 0.2) is 0 Å². The zero-order valence-electron chi connectivity index (χ0n) is 17.8. The fraction of sp³-hybridized carbons (Fsp3) is 0.318. The van der Waals surface area contributed by atoms with Crippen LogP contribution in [0.4, 0.5) is 17.1 Å². The van der Waals surface area contributed by atoms with Gasteiger partial charge in [0, 0.05) is 40.5 Å². The second kappa shape index (κ2) is 8.55. The Hall–Kier alpha value is -3.75. The Bertz CT molecular complexity index is 1170. The van der Waals surface area contributed by atoms with E-state index in [1.54, 1.807) is 17.2 Å². The Kier molecular flexibility index (Phi) is 6.05. The number of fused-ring (bicyclic) bond motifs is 1.